The van der Waals surface area contributed by atoms with Crippen LogP contribution in [0.3, 0.4) is 0 Å². The van der Waals surface area contributed by atoms with Gasteiger partial charge in [0.25, 0.3) is 0 Å². The van der Waals surface area contributed by atoms with Gasteiger partial charge in [-0.15, -0.1) is 0 Å². The Labute approximate surface area is 118 Å². The van der Waals surface area contributed by atoms with Gasteiger partial charge in [-0.2, -0.15) is 0 Å². The first kappa shape index (κ1) is 16.7. The number of hydrogen-bond acceptors (Lipinski definition) is 5. The number of hydrogen-bond donors (Lipinski definition) is 2. The van der Waals surface area contributed by atoms with E-state index in [1.54, 1.807) is 14.2 Å². The van der Waals surface area contributed by atoms with Crippen molar-refractivity contribution in [2.24, 2.45) is 5.92 Å². The lowest BCUT2D eigenvalue weighted by molar-refractivity contribution is -0.142. The van der Waals surface area contributed by atoms with Crippen LogP contribution in [0.5, 0.6) is 0 Å². The van der Waals surface area contributed by atoms with Gasteiger partial charge in [-0.05, 0) is 0 Å². The van der Waals surface area contributed by atoms with E-state index in [-0.39, 0.29) is 19.2 Å². The molecule has 0 aromatic carbocycles. The van der Waals surface area contributed by atoms with Gasteiger partial charge in [0.1, 0.15) is 5.92 Å². The summed E-state index contributed by atoms with van der Waals surface area (Å²) in [7, 11) is 3.11. The van der Waals surface area contributed by atoms with Crippen molar-refractivity contribution >= 4 is 12.0 Å². The molecule has 116 valence electrons. The van der Waals surface area contributed by atoms with Gasteiger partial charge in [0, 0.05) is 27.3 Å². The summed E-state index contributed by atoms with van der Waals surface area (Å²) in [4.78, 5) is 24.7. The predicted molar refractivity (Wildman–Crippen MR) is 69.6 cm³/mol. The maximum atomic E-state index is 12.1. The molecule has 2 unspecified atom stereocenters. The monoisotopic (exact) mass is 290 g/mol. The van der Waals surface area contributed by atoms with E-state index in [4.69, 9.17) is 19.3 Å². The zero-order valence-electron chi connectivity index (χ0n) is 11.8. The highest BCUT2D eigenvalue weighted by atomic mass is 16.5. The van der Waals surface area contributed by atoms with Crippen molar-refractivity contribution in [2.45, 2.75) is 6.04 Å². The Balaban J connectivity index is 2.53. The molecule has 0 saturated carbocycles. The summed E-state index contributed by atoms with van der Waals surface area (Å²) < 4.78 is 15.0. The van der Waals surface area contributed by atoms with Crippen LogP contribution in [-0.4, -0.2) is 81.8 Å². The molecule has 0 bridgehead atoms. The summed E-state index contributed by atoms with van der Waals surface area (Å²) in [5.41, 5.74) is 0. The molecule has 2 amide bonds. The molecule has 0 aromatic heterocycles. The minimum Gasteiger partial charge on any atom is -0.481 e. The maximum Gasteiger partial charge on any atom is 0.317 e. The third-order valence-electron chi connectivity index (χ3n) is 3.12. The summed E-state index contributed by atoms with van der Waals surface area (Å²) >= 11 is 0. The average Bonchev–Trinajstić information content (AvgIpc) is 2.87. The van der Waals surface area contributed by atoms with Gasteiger partial charge in [0.15, 0.2) is 0 Å². The fourth-order valence-electron chi connectivity index (χ4n) is 1.91. The van der Waals surface area contributed by atoms with E-state index in [2.05, 4.69) is 5.32 Å². The van der Waals surface area contributed by atoms with E-state index in [0.29, 0.717) is 26.3 Å². The Kier molecular flexibility index (Phi) is 7.27. The number of carboxylic acid groups (broad SMARTS) is 1. The average molecular weight is 290 g/mol. The first-order valence-electron chi connectivity index (χ1n) is 6.44. The van der Waals surface area contributed by atoms with Gasteiger partial charge in [0.2, 0.25) is 0 Å². The van der Waals surface area contributed by atoms with Gasteiger partial charge in [-0.1, -0.05) is 0 Å². The Hall–Kier alpha value is -1.38. The normalized spacial score (nSPS) is 21.7. The lowest BCUT2D eigenvalue weighted by Gasteiger charge is -2.25. The lowest BCUT2D eigenvalue weighted by Crippen LogP contribution is -2.50. The Bertz CT molecular complexity index is 317. The van der Waals surface area contributed by atoms with Crippen molar-refractivity contribution in [3.63, 3.8) is 0 Å². The first-order valence-corrected chi connectivity index (χ1v) is 6.44. The van der Waals surface area contributed by atoms with Gasteiger partial charge in [-0.25, -0.2) is 4.79 Å². The number of carbonyl (C=O) groups is 2. The molecule has 1 heterocycles. The summed E-state index contributed by atoms with van der Waals surface area (Å²) in [5, 5.41) is 11.7. The fraction of sp³-hybridized carbons (Fsp3) is 0.833. The molecule has 8 heteroatoms. The van der Waals surface area contributed by atoms with Crippen LogP contribution in [-0.2, 0) is 19.0 Å². The van der Waals surface area contributed by atoms with Crippen molar-refractivity contribution in [3.8, 4) is 0 Å². The van der Waals surface area contributed by atoms with Crippen LogP contribution in [0, 0.1) is 5.92 Å². The zero-order chi connectivity index (χ0) is 15.0. The molecule has 0 aliphatic carbocycles. The number of nitrogens with one attached hydrogen (secondary N) is 1. The second kappa shape index (κ2) is 8.72. The highest BCUT2D eigenvalue weighted by molar-refractivity contribution is 5.77. The van der Waals surface area contributed by atoms with Crippen molar-refractivity contribution in [1.29, 1.82) is 0 Å². The molecule has 2 N–H and O–H groups in total. The lowest BCUT2D eigenvalue weighted by atomic mass is 10.0. The zero-order valence-corrected chi connectivity index (χ0v) is 11.8. The molecular weight excluding hydrogens is 268 g/mol. The quantitative estimate of drug-likeness (QED) is 0.619. The molecule has 2 atom stereocenters. The molecule has 20 heavy (non-hydrogen) atoms. The van der Waals surface area contributed by atoms with Crippen LogP contribution in [0.1, 0.15) is 0 Å². The van der Waals surface area contributed by atoms with Crippen LogP contribution < -0.4 is 5.32 Å². The molecule has 1 aliphatic rings. The van der Waals surface area contributed by atoms with Gasteiger partial charge < -0.3 is 29.5 Å². The van der Waals surface area contributed by atoms with E-state index < -0.39 is 17.9 Å². The van der Waals surface area contributed by atoms with E-state index in [1.807, 2.05) is 0 Å². The largest absolute Gasteiger partial charge is 0.481 e. The maximum absolute atomic E-state index is 12.1. The van der Waals surface area contributed by atoms with E-state index >= 15 is 0 Å². The van der Waals surface area contributed by atoms with Crippen molar-refractivity contribution in [2.75, 3.05) is 53.7 Å². The number of urea groups is 1. The molecule has 0 radical (unpaired) electrons. The number of methoxy groups -OCH3 is 2. The SMILES string of the molecule is COCCN(CCOC)C(=O)NC1COCC1C(=O)O. The first-order chi connectivity index (χ1) is 9.60. The Morgan fingerprint density at radius 3 is 2.35 bits per heavy atom. The molecule has 1 saturated heterocycles. The highest BCUT2D eigenvalue weighted by Crippen LogP contribution is 2.14. The summed E-state index contributed by atoms with van der Waals surface area (Å²) in [6, 6.07) is -0.839. The smallest absolute Gasteiger partial charge is 0.317 e. The van der Waals surface area contributed by atoms with E-state index in [0.717, 1.165) is 0 Å². The standard InChI is InChI=1S/C12H22N2O6/c1-18-5-3-14(4-6-19-2)12(17)13-10-8-20-7-9(10)11(15)16/h9-10H,3-8H2,1-2H3,(H,13,17)(H,15,16). The molecule has 0 spiro atoms. The number of nitrogens with zero attached hydrogens (tertiary/aromatic N) is 1. The fourth-order valence-corrected chi connectivity index (χ4v) is 1.91. The van der Waals surface area contributed by atoms with Crippen molar-refractivity contribution in [3.05, 3.63) is 0 Å². The van der Waals surface area contributed by atoms with Crippen LogP contribution in [0.4, 0.5) is 4.79 Å². The molecular formula is C12H22N2O6. The van der Waals surface area contributed by atoms with Crippen LogP contribution in [0.25, 0.3) is 0 Å². The third-order valence-corrected chi connectivity index (χ3v) is 3.12. The highest BCUT2D eigenvalue weighted by Gasteiger charge is 2.35. The number of aliphatic carboxylic acids is 1. The van der Waals surface area contributed by atoms with Gasteiger partial charge >= 0.3 is 12.0 Å². The van der Waals surface area contributed by atoms with E-state index in [9.17, 15) is 9.59 Å². The van der Waals surface area contributed by atoms with Gasteiger partial charge in [-0.3, -0.25) is 4.79 Å². The molecule has 1 fully saturated rings. The third kappa shape index (κ3) is 4.95. The molecule has 1 rings (SSSR count). The summed E-state index contributed by atoms with van der Waals surface area (Å²) in [6.45, 7) is 1.97. The van der Waals surface area contributed by atoms with Crippen molar-refractivity contribution < 1.29 is 28.9 Å². The predicted octanol–water partition coefficient (Wildman–Crippen LogP) is -0.610. The number of ether oxygens (including phenoxy) is 3. The second-order valence-corrected chi connectivity index (χ2v) is 4.51. The number of rotatable bonds is 8. The minimum absolute atomic E-state index is 0.121. The number of carboxylic acids is 1. The van der Waals surface area contributed by atoms with E-state index in [1.165, 1.54) is 4.90 Å². The summed E-state index contributed by atoms with van der Waals surface area (Å²) in [5.74, 6) is -1.67. The molecule has 1 aliphatic heterocycles. The van der Waals surface area contributed by atoms with Crippen LogP contribution in [0.15, 0.2) is 0 Å². The van der Waals surface area contributed by atoms with Gasteiger partial charge in [0.05, 0.1) is 32.5 Å². The Morgan fingerprint density at radius 1 is 1.25 bits per heavy atom. The topological polar surface area (TPSA) is 97.3 Å². The molecule has 8 nitrogen and oxygen atoms in total. The van der Waals surface area contributed by atoms with Crippen LogP contribution in [0.2, 0.25) is 0 Å². The van der Waals surface area contributed by atoms with Crippen LogP contribution >= 0.6 is 0 Å². The Morgan fingerprint density at radius 2 is 1.85 bits per heavy atom. The summed E-state index contributed by atoms with van der Waals surface area (Å²) in [6.07, 6.45) is 0. The number of amides is 2. The number of carbonyl (C=O) groups excluding carboxylic acids is 1. The molecule has 0 aromatic rings. The minimum atomic E-state index is -0.965. The van der Waals surface area contributed by atoms with Crippen molar-refractivity contribution in [1.82, 2.24) is 10.2 Å². The second-order valence-electron chi connectivity index (χ2n) is 4.51.